The summed E-state index contributed by atoms with van der Waals surface area (Å²) < 4.78 is 5.25. The normalized spacial score (nSPS) is 13.5. The summed E-state index contributed by atoms with van der Waals surface area (Å²) in [7, 11) is 1.61. The van der Waals surface area contributed by atoms with Crippen LogP contribution in [-0.2, 0) is 11.8 Å². The molecule has 0 heterocycles. The number of carbonyl (C=O) groups excluding carboxylic acids is 1. The molecule has 1 N–H and O–H groups in total. The van der Waals surface area contributed by atoms with Gasteiger partial charge in [-0.25, -0.2) is 0 Å². The standard InChI is InChI=1S/C25H25O3PS/c1-18-4-8-20(9-5-18)24(26)16-29(30,23-14-12-22(28-3)13-15-23)17-25(27)21-10-6-19(2)7-11-21/h4-16,26H,17H2,1-3H3/b24-16-. The highest BCUT2D eigenvalue weighted by molar-refractivity contribution is 8.20. The number of ketones is 1. The number of aryl methyl sites for hydroxylation is 2. The topological polar surface area (TPSA) is 46.5 Å². The van der Waals surface area contributed by atoms with Crippen LogP contribution >= 0.6 is 6.04 Å². The van der Waals surface area contributed by atoms with Gasteiger partial charge >= 0.3 is 0 Å². The van der Waals surface area contributed by atoms with E-state index in [9.17, 15) is 9.90 Å². The number of methoxy groups -OCH3 is 1. The molecule has 0 aliphatic rings. The third-order valence-corrected chi connectivity index (χ3v) is 8.87. The van der Waals surface area contributed by atoms with Gasteiger partial charge in [0.1, 0.15) is 11.5 Å². The van der Waals surface area contributed by atoms with Gasteiger partial charge in [-0.15, -0.1) is 0 Å². The Morgan fingerprint density at radius 1 is 0.900 bits per heavy atom. The molecular weight excluding hydrogens is 411 g/mol. The lowest BCUT2D eigenvalue weighted by atomic mass is 10.1. The molecule has 0 bridgehead atoms. The molecule has 0 aliphatic heterocycles. The average Bonchev–Trinajstić information content (AvgIpc) is 2.74. The number of Topliss-reactive ketones (excluding diaryl/α,β-unsaturated/α-hetero) is 1. The van der Waals surface area contributed by atoms with Crippen LogP contribution in [0.5, 0.6) is 5.75 Å². The van der Waals surface area contributed by atoms with E-state index in [1.165, 1.54) is 0 Å². The van der Waals surface area contributed by atoms with Crippen LogP contribution in [0.25, 0.3) is 5.76 Å². The smallest absolute Gasteiger partial charge is 0.168 e. The van der Waals surface area contributed by atoms with Crippen LogP contribution in [0.4, 0.5) is 0 Å². The number of benzene rings is 3. The largest absolute Gasteiger partial charge is 0.507 e. The highest BCUT2D eigenvalue weighted by Crippen LogP contribution is 2.49. The Hall–Kier alpha value is -2.68. The second-order valence-electron chi connectivity index (χ2n) is 7.32. The molecular formula is C25H25O3PS. The number of hydrogen-bond donors (Lipinski definition) is 1. The number of aliphatic hydroxyl groups is 1. The molecule has 0 aromatic heterocycles. The summed E-state index contributed by atoms with van der Waals surface area (Å²) in [6, 6.07) is 20.0. The first kappa shape index (κ1) is 22.0. The summed E-state index contributed by atoms with van der Waals surface area (Å²) in [4.78, 5) is 13.1. The van der Waals surface area contributed by atoms with Crippen molar-refractivity contribution in [1.29, 1.82) is 0 Å². The van der Waals surface area contributed by atoms with E-state index in [4.69, 9.17) is 16.5 Å². The number of aliphatic hydroxyl groups excluding tert-OH is 1. The molecule has 30 heavy (non-hydrogen) atoms. The van der Waals surface area contributed by atoms with Gasteiger partial charge in [0.15, 0.2) is 5.78 Å². The Kier molecular flexibility index (Phi) is 6.91. The number of hydrogen-bond acceptors (Lipinski definition) is 4. The molecule has 3 aromatic rings. The second kappa shape index (κ2) is 9.42. The molecule has 5 heteroatoms. The minimum atomic E-state index is -2.55. The minimum Gasteiger partial charge on any atom is -0.507 e. The molecule has 3 rings (SSSR count). The molecule has 0 saturated heterocycles. The fraction of sp³-hybridized carbons (Fsp3) is 0.160. The summed E-state index contributed by atoms with van der Waals surface area (Å²) in [6.45, 7) is 3.98. The highest BCUT2D eigenvalue weighted by atomic mass is 32.4. The molecule has 154 valence electrons. The van der Waals surface area contributed by atoms with Gasteiger partial charge in [0.25, 0.3) is 0 Å². The van der Waals surface area contributed by atoms with Gasteiger partial charge < -0.3 is 9.84 Å². The monoisotopic (exact) mass is 436 g/mol. The molecule has 0 spiro atoms. The zero-order valence-corrected chi connectivity index (χ0v) is 19.0. The van der Waals surface area contributed by atoms with Crippen molar-refractivity contribution in [2.24, 2.45) is 0 Å². The predicted octanol–water partition coefficient (Wildman–Crippen LogP) is 5.86. The average molecular weight is 437 g/mol. The maximum absolute atomic E-state index is 13.1. The van der Waals surface area contributed by atoms with Crippen LogP contribution in [0.2, 0.25) is 0 Å². The third-order valence-electron chi connectivity index (χ3n) is 4.94. The Morgan fingerprint density at radius 3 is 1.90 bits per heavy atom. The molecule has 1 unspecified atom stereocenters. The van der Waals surface area contributed by atoms with Crippen LogP contribution < -0.4 is 10.0 Å². The van der Waals surface area contributed by atoms with Crippen LogP contribution in [0.3, 0.4) is 0 Å². The summed E-state index contributed by atoms with van der Waals surface area (Å²) in [5, 5.41) is 11.7. The van der Waals surface area contributed by atoms with Crippen molar-refractivity contribution >= 4 is 34.7 Å². The summed E-state index contributed by atoms with van der Waals surface area (Å²) in [5.74, 6) is 2.51. The molecule has 3 nitrogen and oxygen atoms in total. The number of ether oxygens (including phenoxy) is 1. The maximum atomic E-state index is 13.1. The van der Waals surface area contributed by atoms with E-state index in [0.717, 1.165) is 22.2 Å². The summed E-state index contributed by atoms with van der Waals surface area (Å²) >= 11 is 6.06. The van der Waals surface area contributed by atoms with Crippen LogP contribution in [0.15, 0.2) is 78.6 Å². The molecule has 1 atom stereocenters. The SMILES string of the molecule is COc1ccc(P(=S)(/C=C(\O)c2ccc(C)cc2)CC(=O)c2ccc(C)cc2)cc1. The van der Waals surface area contributed by atoms with Gasteiger partial charge in [0, 0.05) is 23.3 Å². The van der Waals surface area contributed by atoms with Crippen LogP contribution in [0.1, 0.15) is 27.0 Å². The van der Waals surface area contributed by atoms with E-state index < -0.39 is 6.04 Å². The van der Waals surface area contributed by atoms with Crippen molar-refractivity contribution in [3.8, 4) is 5.75 Å². The zero-order chi connectivity index (χ0) is 21.7. The van der Waals surface area contributed by atoms with Gasteiger partial charge in [-0.3, -0.25) is 4.79 Å². The first-order valence-electron chi connectivity index (χ1n) is 9.63. The van der Waals surface area contributed by atoms with E-state index in [-0.39, 0.29) is 17.7 Å². The third kappa shape index (κ3) is 5.27. The minimum absolute atomic E-state index is 0.0258. The van der Waals surface area contributed by atoms with Crippen molar-refractivity contribution in [1.82, 2.24) is 0 Å². The molecule has 3 aromatic carbocycles. The highest BCUT2D eigenvalue weighted by Gasteiger charge is 2.24. The lowest BCUT2D eigenvalue weighted by molar-refractivity contribution is 0.102. The van der Waals surface area contributed by atoms with E-state index in [1.54, 1.807) is 12.9 Å². The second-order valence-corrected chi connectivity index (χ2v) is 12.0. The first-order valence-corrected chi connectivity index (χ1v) is 12.7. The number of carbonyl (C=O) groups is 1. The summed E-state index contributed by atoms with van der Waals surface area (Å²) in [6.07, 6.45) is 0.160. The molecule has 0 radical (unpaired) electrons. The lowest BCUT2D eigenvalue weighted by Crippen LogP contribution is -2.13. The predicted molar refractivity (Wildman–Crippen MR) is 129 cm³/mol. The summed E-state index contributed by atoms with van der Waals surface area (Å²) in [5.41, 5.74) is 3.52. The van der Waals surface area contributed by atoms with E-state index in [1.807, 2.05) is 86.6 Å². The number of rotatable bonds is 7. The van der Waals surface area contributed by atoms with Gasteiger partial charge in [-0.05, 0) is 49.2 Å². The van der Waals surface area contributed by atoms with Crippen molar-refractivity contribution in [2.45, 2.75) is 13.8 Å². The van der Waals surface area contributed by atoms with Gasteiger partial charge in [-0.2, -0.15) is 0 Å². The van der Waals surface area contributed by atoms with E-state index >= 15 is 0 Å². The first-order chi connectivity index (χ1) is 14.3. The molecule has 0 amide bonds. The maximum Gasteiger partial charge on any atom is 0.168 e. The Balaban J connectivity index is 2.02. The van der Waals surface area contributed by atoms with Crippen LogP contribution in [-0.4, -0.2) is 24.2 Å². The fourth-order valence-electron chi connectivity index (χ4n) is 3.09. The van der Waals surface area contributed by atoms with Gasteiger partial charge in [0.05, 0.1) is 7.11 Å². The Morgan fingerprint density at radius 2 is 1.40 bits per heavy atom. The molecule has 0 saturated carbocycles. The van der Waals surface area contributed by atoms with Gasteiger partial charge in [0.2, 0.25) is 0 Å². The molecule has 0 aliphatic carbocycles. The van der Waals surface area contributed by atoms with E-state index in [0.29, 0.717) is 11.1 Å². The Labute approximate surface area is 183 Å². The fourth-order valence-corrected chi connectivity index (χ4v) is 6.33. The lowest BCUT2D eigenvalue weighted by Gasteiger charge is -2.19. The van der Waals surface area contributed by atoms with Crippen LogP contribution in [0, 0.1) is 13.8 Å². The van der Waals surface area contributed by atoms with Crippen molar-refractivity contribution in [3.05, 3.63) is 101 Å². The van der Waals surface area contributed by atoms with Crippen molar-refractivity contribution in [3.63, 3.8) is 0 Å². The quantitative estimate of drug-likeness (QED) is 0.286. The van der Waals surface area contributed by atoms with Crippen molar-refractivity contribution in [2.75, 3.05) is 13.3 Å². The van der Waals surface area contributed by atoms with E-state index in [2.05, 4.69) is 0 Å². The Bertz CT molecular complexity index is 1100. The zero-order valence-electron chi connectivity index (χ0n) is 17.3. The van der Waals surface area contributed by atoms with Crippen molar-refractivity contribution < 1.29 is 14.6 Å². The molecule has 0 fully saturated rings. The van der Waals surface area contributed by atoms with Gasteiger partial charge in [-0.1, -0.05) is 71.5 Å².